The Morgan fingerprint density at radius 3 is 2.81 bits per heavy atom. The maximum absolute atomic E-state index is 13.5. The van der Waals surface area contributed by atoms with E-state index in [0.717, 1.165) is 42.7 Å². The summed E-state index contributed by atoms with van der Waals surface area (Å²) in [5, 5.41) is 0. The van der Waals surface area contributed by atoms with Crippen LogP contribution >= 0.6 is 0 Å². The summed E-state index contributed by atoms with van der Waals surface area (Å²) in [6.45, 7) is 2.22. The fourth-order valence-corrected chi connectivity index (χ4v) is 3.91. The fourth-order valence-electron chi connectivity index (χ4n) is 3.91. The lowest BCUT2D eigenvalue weighted by Crippen LogP contribution is -2.28. The Kier molecular flexibility index (Phi) is 4.94. The van der Waals surface area contributed by atoms with Crippen molar-refractivity contribution in [2.24, 2.45) is 5.41 Å². The number of ether oxygens (including phenoxy) is 1. The summed E-state index contributed by atoms with van der Waals surface area (Å²) in [5.74, 6) is -2.34. The van der Waals surface area contributed by atoms with Gasteiger partial charge in [-0.15, -0.1) is 0 Å². The molecule has 0 aromatic heterocycles. The largest absolute Gasteiger partial charge is 0.466 e. The summed E-state index contributed by atoms with van der Waals surface area (Å²) < 4.78 is 31.3. The predicted molar refractivity (Wildman–Crippen MR) is 91.7 cm³/mol. The molecule has 6 heteroatoms. The number of methoxy groups -OCH3 is 1. The average molecular weight is 361 g/mol. The first-order valence-corrected chi connectivity index (χ1v) is 8.58. The Morgan fingerprint density at radius 1 is 1.35 bits per heavy atom. The first-order valence-electron chi connectivity index (χ1n) is 8.58. The van der Waals surface area contributed by atoms with Gasteiger partial charge in [-0.3, -0.25) is 4.79 Å². The highest BCUT2D eigenvalue weighted by Gasteiger charge is 2.46. The molecule has 1 aliphatic carbocycles. The maximum atomic E-state index is 13.5. The lowest BCUT2D eigenvalue weighted by molar-refractivity contribution is -0.134. The molecule has 1 saturated heterocycles. The van der Waals surface area contributed by atoms with E-state index in [4.69, 9.17) is 0 Å². The van der Waals surface area contributed by atoms with E-state index in [1.54, 1.807) is 11.0 Å². The maximum Gasteiger partial charge on any atom is 0.330 e. The van der Waals surface area contributed by atoms with E-state index >= 15 is 0 Å². The molecule has 0 spiro atoms. The first-order chi connectivity index (χ1) is 12.3. The third-order valence-electron chi connectivity index (χ3n) is 5.11. The van der Waals surface area contributed by atoms with Crippen LogP contribution < -0.4 is 0 Å². The van der Waals surface area contributed by atoms with E-state index in [0.29, 0.717) is 12.0 Å². The summed E-state index contributed by atoms with van der Waals surface area (Å²) in [6.07, 6.45) is 5.98. The number of fused-ring (bicyclic) bond motifs is 1. The molecule has 138 valence electrons. The summed E-state index contributed by atoms with van der Waals surface area (Å²) in [6, 6.07) is 3.66. The highest BCUT2D eigenvalue weighted by molar-refractivity contribution is 5.85. The van der Waals surface area contributed by atoms with Crippen molar-refractivity contribution in [2.75, 3.05) is 7.11 Å². The van der Waals surface area contributed by atoms with Crippen LogP contribution in [0.1, 0.15) is 38.2 Å². The Morgan fingerprint density at radius 2 is 2.12 bits per heavy atom. The molecule has 26 heavy (non-hydrogen) atoms. The summed E-state index contributed by atoms with van der Waals surface area (Å²) in [4.78, 5) is 25.7. The minimum Gasteiger partial charge on any atom is -0.466 e. The smallest absolute Gasteiger partial charge is 0.330 e. The van der Waals surface area contributed by atoms with Gasteiger partial charge in [-0.05, 0) is 42.5 Å². The molecule has 1 unspecified atom stereocenters. The van der Waals surface area contributed by atoms with Gasteiger partial charge in [0.25, 0.3) is 0 Å². The lowest BCUT2D eigenvalue weighted by atomic mass is 9.74. The van der Waals surface area contributed by atoms with Gasteiger partial charge in [-0.2, -0.15) is 0 Å². The molecular formula is C20H21F2NO3. The topological polar surface area (TPSA) is 46.6 Å². The van der Waals surface area contributed by atoms with E-state index in [2.05, 4.69) is 4.74 Å². The molecule has 3 rings (SSSR count). The van der Waals surface area contributed by atoms with Gasteiger partial charge in [0.1, 0.15) is 0 Å². The first kappa shape index (κ1) is 18.3. The van der Waals surface area contributed by atoms with Gasteiger partial charge in [-0.1, -0.05) is 19.1 Å². The van der Waals surface area contributed by atoms with Crippen LogP contribution in [0.3, 0.4) is 0 Å². The second-order valence-electron chi connectivity index (χ2n) is 7.05. The Labute approximate surface area is 151 Å². The number of hydrogen-bond acceptors (Lipinski definition) is 3. The van der Waals surface area contributed by atoms with Crippen molar-refractivity contribution in [2.45, 2.75) is 39.2 Å². The van der Waals surface area contributed by atoms with E-state index in [-0.39, 0.29) is 17.9 Å². The van der Waals surface area contributed by atoms with Gasteiger partial charge in [0.05, 0.1) is 13.7 Å². The third kappa shape index (κ3) is 3.41. The molecule has 1 heterocycles. The standard InChI is InChI=1S/C20H21F2NO3/c1-20-9-3-4-14(6-8-18(25)26-2)19(20)23(17(24)11-20)12-13-5-7-15(21)16(22)10-13/h5-8,10H,3-4,9,11-12H2,1-2H3/b8-6+. The van der Waals surface area contributed by atoms with Crippen molar-refractivity contribution in [3.8, 4) is 0 Å². The number of esters is 1. The van der Waals surface area contributed by atoms with Crippen LogP contribution in [0.2, 0.25) is 0 Å². The van der Waals surface area contributed by atoms with Crippen molar-refractivity contribution >= 4 is 11.9 Å². The summed E-state index contributed by atoms with van der Waals surface area (Å²) in [5.41, 5.74) is 2.01. The number of allylic oxidation sites excluding steroid dienone is 3. The molecule has 1 atom stereocenters. The molecule has 1 aromatic rings. The summed E-state index contributed by atoms with van der Waals surface area (Å²) in [7, 11) is 1.31. The van der Waals surface area contributed by atoms with Crippen LogP contribution in [-0.2, 0) is 20.9 Å². The molecule has 1 amide bonds. The van der Waals surface area contributed by atoms with Gasteiger partial charge in [0.2, 0.25) is 5.91 Å². The average Bonchev–Trinajstić information content (AvgIpc) is 2.86. The van der Waals surface area contributed by atoms with Crippen LogP contribution in [0.15, 0.2) is 41.6 Å². The van der Waals surface area contributed by atoms with Crippen LogP contribution in [0.5, 0.6) is 0 Å². The van der Waals surface area contributed by atoms with Gasteiger partial charge in [-0.25, -0.2) is 13.6 Å². The molecule has 0 saturated carbocycles. The van der Waals surface area contributed by atoms with Crippen molar-refractivity contribution in [3.05, 3.63) is 58.8 Å². The third-order valence-corrected chi connectivity index (χ3v) is 5.11. The van der Waals surface area contributed by atoms with Crippen molar-refractivity contribution in [3.63, 3.8) is 0 Å². The molecule has 2 aliphatic rings. The van der Waals surface area contributed by atoms with Gasteiger partial charge in [0.15, 0.2) is 11.6 Å². The Balaban J connectivity index is 1.98. The molecule has 1 aliphatic heterocycles. The number of amides is 1. The number of hydrogen-bond donors (Lipinski definition) is 0. The molecule has 0 bridgehead atoms. The monoisotopic (exact) mass is 361 g/mol. The van der Waals surface area contributed by atoms with Crippen molar-refractivity contribution in [1.29, 1.82) is 0 Å². The molecule has 1 fully saturated rings. The normalized spacial score (nSPS) is 22.9. The number of rotatable bonds is 4. The SMILES string of the molecule is COC(=O)/C=C/C1=C2N(Cc3ccc(F)c(F)c3)C(=O)CC2(C)CCC1. The Bertz CT molecular complexity index is 815. The van der Waals surface area contributed by atoms with Gasteiger partial charge in [0, 0.05) is 23.6 Å². The zero-order valence-electron chi connectivity index (χ0n) is 14.9. The molecule has 4 nitrogen and oxygen atoms in total. The zero-order valence-corrected chi connectivity index (χ0v) is 14.9. The molecule has 0 N–H and O–H groups in total. The van der Waals surface area contributed by atoms with Crippen LogP contribution in [0.4, 0.5) is 8.78 Å². The number of halogens is 2. The highest BCUT2D eigenvalue weighted by Crippen LogP contribution is 2.50. The second-order valence-corrected chi connectivity index (χ2v) is 7.05. The van der Waals surface area contributed by atoms with Gasteiger partial charge < -0.3 is 9.64 Å². The van der Waals surface area contributed by atoms with Crippen LogP contribution in [0, 0.1) is 17.0 Å². The van der Waals surface area contributed by atoms with E-state index in [9.17, 15) is 18.4 Å². The highest BCUT2D eigenvalue weighted by atomic mass is 19.2. The van der Waals surface area contributed by atoms with Crippen molar-refractivity contribution in [1.82, 2.24) is 4.90 Å². The van der Waals surface area contributed by atoms with E-state index in [1.807, 2.05) is 6.92 Å². The van der Waals surface area contributed by atoms with Gasteiger partial charge >= 0.3 is 5.97 Å². The second kappa shape index (κ2) is 7.02. The van der Waals surface area contributed by atoms with Crippen LogP contribution in [0.25, 0.3) is 0 Å². The number of carbonyl (C=O) groups excluding carboxylic acids is 2. The lowest BCUT2D eigenvalue weighted by Gasteiger charge is -2.34. The van der Waals surface area contributed by atoms with E-state index < -0.39 is 17.6 Å². The number of carbonyl (C=O) groups is 2. The fraction of sp³-hybridized carbons (Fsp3) is 0.400. The molecule has 0 radical (unpaired) electrons. The zero-order chi connectivity index (χ0) is 18.9. The quantitative estimate of drug-likeness (QED) is 0.604. The van der Waals surface area contributed by atoms with Crippen molar-refractivity contribution < 1.29 is 23.1 Å². The minimum absolute atomic E-state index is 0.0434. The number of likely N-dealkylation sites (tertiary alicyclic amines) is 1. The molecular weight excluding hydrogens is 340 g/mol. The number of nitrogens with zero attached hydrogens (tertiary/aromatic N) is 1. The van der Waals surface area contributed by atoms with E-state index in [1.165, 1.54) is 19.3 Å². The predicted octanol–water partition coefficient (Wildman–Crippen LogP) is 3.87. The van der Waals surface area contributed by atoms with Crippen LogP contribution in [-0.4, -0.2) is 23.9 Å². The minimum atomic E-state index is -0.930. The number of benzene rings is 1. The Hall–Kier alpha value is -2.50. The summed E-state index contributed by atoms with van der Waals surface area (Å²) >= 11 is 0. The molecule has 1 aromatic carbocycles.